The number of hydrogen-bond donors (Lipinski definition) is 2. The second-order valence-corrected chi connectivity index (χ2v) is 13.8. The number of hydrogen-bond acceptors (Lipinski definition) is 6. The Hall–Kier alpha value is -1.47. The second-order valence-electron chi connectivity index (χ2n) is 12.6. The normalized spacial score (nSPS) is 12.7. The Kier molecular flexibility index (Phi) is 32.4. The van der Waals surface area contributed by atoms with Crippen molar-refractivity contribution in [1.82, 2.24) is 0 Å². The minimum absolute atomic E-state index is 0.205. The van der Waals surface area contributed by atoms with Crippen molar-refractivity contribution in [2.75, 3.05) is 13.2 Å². The molecular formula is C37H69O8P. The molecule has 0 bridgehead atoms. The Balaban J connectivity index is 3.95. The smallest absolute Gasteiger partial charge is 0.462 e. The molecule has 0 saturated carbocycles. The molecule has 0 aliphatic rings. The summed E-state index contributed by atoms with van der Waals surface area (Å²) in [4.78, 5) is 42.6. The van der Waals surface area contributed by atoms with Crippen LogP contribution in [0.25, 0.3) is 0 Å². The maximum absolute atomic E-state index is 12.3. The van der Waals surface area contributed by atoms with E-state index in [1.54, 1.807) is 0 Å². The van der Waals surface area contributed by atoms with Gasteiger partial charge in [-0.05, 0) is 44.9 Å². The van der Waals surface area contributed by atoms with E-state index >= 15 is 0 Å². The first-order valence-corrected chi connectivity index (χ1v) is 20.2. The fraction of sp³-hybridized carbons (Fsp3) is 0.838. The molecule has 9 heteroatoms. The lowest BCUT2D eigenvalue weighted by atomic mass is 10.1. The average Bonchev–Trinajstić information content (AvgIpc) is 3.02. The predicted molar refractivity (Wildman–Crippen MR) is 189 cm³/mol. The van der Waals surface area contributed by atoms with Crippen molar-refractivity contribution in [2.24, 2.45) is 0 Å². The second kappa shape index (κ2) is 33.4. The Bertz CT molecular complexity index is 807. The summed E-state index contributed by atoms with van der Waals surface area (Å²) in [7, 11) is -4.74. The highest BCUT2D eigenvalue weighted by atomic mass is 31.2. The van der Waals surface area contributed by atoms with Gasteiger partial charge in [-0.1, -0.05) is 147 Å². The summed E-state index contributed by atoms with van der Waals surface area (Å²) in [6, 6.07) is 0. The van der Waals surface area contributed by atoms with Gasteiger partial charge in [-0.25, -0.2) is 4.57 Å². The molecule has 0 heterocycles. The molecular weight excluding hydrogens is 603 g/mol. The zero-order valence-electron chi connectivity index (χ0n) is 29.5. The number of ether oxygens (including phenoxy) is 2. The third-order valence-electron chi connectivity index (χ3n) is 7.97. The summed E-state index contributed by atoms with van der Waals surface area (Å²) in [5.41, 5.74) is 0. The van der Waals surface area contributed by atoms with E-state index in [1.807, 2.05) is 0 Å². The number of phosphoric ester groups is 1. The topological polar surface area (TPSA) is 119 Å². The van der Waals surface area contributed by atoms with Crippen LogP contribution in [0.1, 0.15) is 181 Å². The highest BCUT2D eigenvalue weighted by molar-refractivity contribution is 7.46. The molecule has 0 spiro atoms. The van der Waals surface area contributed by atoms with E-state index in [9.17, 15) is 14.2 Å². The van der Waals surface area contributed by atoms with E-state index in [0.29, 0.717) is 6.42 Å². The monoisotopic (exact) mass is 672 g/mol. The highest BCUT2D eigenvalue weighted by Crippen LogP contribution is 2.36. The van der Waals surface area contributed by atoms with Crippen molar-refractivity contribution >= 4 is 19.8 Å². The van der Waals surface area contributed by atoms with Crippen molar-refractivity contribution in [2.45, 2.75) is 187 Å². The fourth-order valence-corrected chi connectivity index (χ4v) is 5.53. The fourth-order valence-electron chi connectivity index (χ4n) is 5.17. The lowest BCUT2D eigenvalue weighted by molar-refractivity contribution is -0.161. The Morgan fingerprint density at radius 1 is 0.565 bits per heavy atom. The zero-order valence-corrected chi connectivity index (χ0v) is 30.4. The van der Waals surface area contributed by atoms with Crippen LogP contribution in [0.15, 0.2) is 24.3 Å². The lowest BCUT2D eigenvalue weighted by Gasteiger charge is -2.18. The van der Waals surface area contributed by atoms with Crippen LogP contribution in [-0.4, -0.2) is 41.0 Å². The SMILES string of the molecule is CCCCCC/C=C\C/C=C\CCCCCCCCCC(=O)OC(COC(=O)CCCCCCCCCCCC)COP(=O)(O)O. The summed E-state index contributed by atoms with van der Waals surface area (Å²) in [6.45, 7) is 3.64. The number of esters is 2. The molecule has 0 saturated heterocycles. The van der Waals surface area contributed by atoms with E-state index in [1.165, 1.54) is 96.3 Å². The number of carbonyl (C=O) groups excluding carboxylic acids is 2. The minimum Gasteiger partial charge on any atom is -0.462 e. The maximum atomic E-state index is 12.3. The quantitative estimate of drug-likeness (QED) is 0.0300. The molecule has 0 rings (SSSR count). The van der Waals surface area contributed by atoms with Crippen LogP contribution >= 0.6 is 7.82 Å². The largest absolute Gasteiger partial charge is 0.469 e. The van der Waals surface area contributed by atoms with Crippen molar-refractivity contribution < 1.29 is 37.9 Å². The number of phosphoric acid groups is 1. The third-order valence-corrected chi connectivity index (χ3v) is 8.46. The maximum Gasteiger partial charge on any atom is 0.469 e. The molecule has 0 radical (unpaired) electrons. The molecule has 46 heavy (non-hydrogen) atoms. The molecule has 0 aromatic carbocycles. The molecule has 0 aromatic heterocycles. The van der Waals surface area contributed by atoms with Crippen molar-refractivity contribution in [1.29, 1.82) is 0 Å². The van der Waals surface area contributed by atoms with E-state index in [-0.39, 0.29) is 19.4 Å². The summed E-state index contributed by atoms with van der Waals surface area (Å²) in [6.07, 6.45) is 36.1. The van der Waals surface area contributed by atoms with Gasteiger partial charge in [0.2, 0.25) is 0 Å². The van der Waals surface area contributed by atoms with Crippen molar-refractivity contribution in [3.8, 4) is 0 Å². The predicted octanol–water partition coefficient (Wildman–Crippen LogP) is 10.8. The van der Waals surface area contributed by atoms with E-state index in [0.717, 1.165) is 51.4 Å². The summed E-state index contributed by atoms with van der Waals surface area (Å²) >= 11 is 0. The van der Waals surface area contributed by atoms with Crippen molar-refractivity contribution in [3.63, 3.8) is 0 Å². The van der Waals surface area contributed by atoms with Gasteiger partial charge in [0, 0.05) is 12.8 Å². The number of unbranched alkanes of at least 4 members (excludes halogenated alkanes) is 20. The van der Waals surface area contributed by atoms with Crippen LogP contribution in [-0.2, 0) is 28.2 Å². The van der Waals surface area contributed by atoms with Gasteiger partial charge in [-0.15, -0.1) is 0 Å². The lowest BCUT2D eigenvalue weighted by Crippen LogP contribution is -2.29. The Labute approximate surface area is 281 Å². The van der Waals surface area contributed by atoms with Gasteiger partial charge in [-0.2, -0.15) is 0 Å². The van der Waals surface area contributed by atoms with Crippen LogP contribution in [0.2, 0.25) is 0 Å². The van der Waals surface area contributed by atoms with Gasteiger partial charge in [0.15, 0.2) is 6.10 Å². The molecule has 8 nitrogen and oxygen atoms in total. The van der Waals surface area contributed by atoms with Crippen LogP contribution in [0.4, 0.5) is 0 Å². The van der Waals surface area contributed by atoms with Crippen LogP contribution < -0.4 is 0 Å². The number of carbonyl (C=O) groups is 2. The van der Waals surface area contributed by atoms with Crippen molar-refractivity contribution in [3.05, 3.63) is 24.3 Å². The molecule has 1 unspecified atom stereocenters. The first-order chi connectivity index (χ1) is 22.3. The van der Waals surface area contributed by atoms with Crippen LogP contribution in [0, 0.1) is 0 Å². The highest BCUT2D eigenvalue weighted by Gasteiger charge is 2.22. The van der Waals surface area contributed by atoms with E-state index in [4.69, 9.17) is 19.3 Å². The molecule has 270 valence electrons. The Morgan fingerprint density at radius 3 is 1.46 bits per heavy atom. The molecule has 0 amide bonds. The van der Waals surface area contributed by atoms with Gasteiger partial charge < -0.3 is 19.3 Å². The van der Waals surface area contributed by atoms with E-state index in [2.05, 4.69) is 42.7 Å². The molecule has 0 aliphatic heterocycles. The third kappa shape index (κ3) is 35.4. The molecule has 0 aromatic rings. The summed E-state index contributed by atoms with van der Waals surface area (Å²) in [5, 5.41) is 0. The molecule has 1 atom stereocenters. The average molecular weight is 673 g/mol. The summed E-state index contributed by atoms with van der Waals surface area (Å²) < 4.78 is 26.2. The van der Waals surface area contributed by atoms with Gasteiger partial charge in [-0.3, -0.25) is 14.1 Å². The summed E-state index contributed by atoms with van der Waals surface area (Å²) in [5.74, 6) is -0.892. The molecule has 2 N–H and O–H groups in total. The number of allylic oxidation sites excluding steroid dienone is 4. The minimum atomic E-state index is -4.74. The number of rotatable bonds is 34. The zero-order chi connectivity index (χ0) is 34.0. The molecule has 0 fully saturated rings. The van der Waals surface area contributed by atoms with Gasteiger partial charge in [0.05, 0.1) is 6.61 Å². The van der Waals surface area contributed by atoms with Gasteiger partial charge in [0.25, 0.3) is 0 Å². The van der Waals surface area contributed by atoms with Crippen LogP contribution in [0.3, 0.4) is 0 Å². The Morgan fingerprint density at radius 2 is 0.978 bits per heavy atom. The first-order valence-electron chi connectivity index (χ1n) is 18.6. The first kappa shape index (κ1) is 44.5. The van der Waals surface area contributed by atoms with Gasteiger partial charge >= 0.3 is 19.8 Å². The molecule has 0 aliphatic carbocycles. The standard InChI is InChI=1S/C37H69O8P/c1-3-5-7-9-11-13-15-16-17-18-19-20-21-22-24-26-28-30-32-37(39)45-35(34-44-46(40,41)42)33-43-36(38)31-29-27-25-23-14-12-10-8-6-4-2/h13,15,17-18,35H,3-12,14,16,19-34H2,1-2H3,(H2,40,41,42)/b15-13-,18-17-. The van der Waals surface area contributed by atoms with Gasteiger partial charge in [0.1, 0.15) is 6.61 Å². The van der Waals surface area contributed by atoms with Crippen LogP contribution in [0.5, 0.6) is 0 Å². The van der Waals surface area contributed by atoms with E-state index < -0.39 is 32.5 Å².